The average molecular weight is 407 g/mol. The number of nitro groups is 1. The molecule has 0 saturated heterocycles. The average Bonchev–Trinajstić information content (AvgIpc) is 3.23. The molecule has 3 aromatic rings. The molecule has 1 heterocycles. The minimum Gasteiger partial charge on any atom is -0.494 e. The lowest BCUT2D eigenvalue weighted by Gasteiger charge is -2.07. The number of benzene rings is 2. The Balaban J connectivity index is 1.62. The molecule has 0 radical (unpaired) electrons. The summed E-state index contributed by atoms with van der Waals surface area (Å²) >= 11 is 0. The molecule has 0 bridgehead atoms. The van der Waals surface area contributed by atoms with E-state index < -0.39 is 10.8 Å². The first kappa shape index (κ1) is 20.4. The van der Waals surface area contributed by atoms with Gasteiger partial charge >= 0.3 is 0 Å². The number of nitrogens with one attached hydrogen (secondary N) is 1. The van der Waals surface area contributed by atoms with Crippen LogP contribution in [0.2, 0.25) is 0 Å². The summed E-state index contributed by atoms with van der Waals surface area (Å²) in [6.07, 6.45) is 0. The minimum atomic E-state index is -0.615. The second-order valence-electron chi connectivity index (χ2n) is 6.01. The van der Waals surface area contributed by atoms with Crippen LogP contribution < -0.4 is 14.8 Å². The molecule has 0 unspecified atom stereocenters. The number of amides is 1. The van der Waals surface area contributed by atoms with Crippen LogP contribution in [0.1, 0.15) is 28.8 Å². The first-order valence-corrected chi connectivity index (χ1v) is 8.94. The van der Waals surface area contributed by atoms with E-state index in [9.17, 15) is 14.9 Å². The number of hydrogen-bond donors (Lipinski definition) is 1. The van der Waals surface area contributed by atoms with Crippen molar-refractivity contribution in [3.8, 4) is 17.6 Å². The molecule has 9 nitrogen and oxygen atoms in total. The molecule has 0 aliphatic heterocycles. The summed E-state index contributed by atoms with van der Waals surface area (Å²) in [5.41, 5.74) is -0.115. The molecular formula is C21H17N3O6. The highest BCUT2D eigenvalue weighted by atomic mass is 16.6. The Kier molecular flexibility index (Phi) is 6.29. The number of nitriles is 1. The molecule has 3 rings (SSSR count). The van der Waals surface area contributed by atoms with E-state index >= 15 is 0 Å². The third-order valence-corrected chi connectivity index (χ3v) is 3.98. The van der Waals surface area contributed by atoms with Gasteiger partial charge in [0.2, 0.25) is 0 Å². The lowest BCUT2D eigenvalue weighted by molar-refractivity contribution is -0.384. The van der Waals surface area contributed by atoms with Gasteiger partial charge in [0.1, 0.15) is 29.9 Å². The van der Waals surface area contributed by atoms with Crippen LogP contribution in [0, 0.1) is 21.4 Å². The molecule has 152 valence electrons. The molecule has 0 aliphatic carbocycles. The smallest absolute Gasteiger partial charge is 0.291 e. The fraction of sp³-hybridized carbons (Fsp3) is 0.143. The van der Waals surface area contributed by atoms with E-state index in [1.54, 1.807) is 30.3 Å². The van der Waals surface area contributed by atoms with Crippen LogP contribution in [0.3, 0.4) is 0 Å². The maximum atomic E-state index is 12.4. The van der Waals surface area contributed by atoms with Gasteiger partial charge in [0.25, 0.3) is 11.6 Å². The van der Waals surface area contributed by atoms with Gasteiger partial charge in [-0.05, 0) is 49.4 Å². The van der Waals surface area contributed by atoms with Crippen molar-refractivity contribution < 1.29 is 23.6 Å². The van der Waals surface area contributed by atoms with Gasteiger partial charge in [-0.15, -0.1) is 0 Å². The van der Waals surface area contributed by atoms with Crippen molar-refractivity contribution in [3.63, 3.8) is 0 Å². The summed E-state index contributed by atoms with van der Waals surface area (Å²) in [6, 6.07) is 15.6. The number of carbonyl (C=O) groups is 1. The Labute approximate surface area is 171 Å². The Bertz CT molecular complexity index is 1100. The summed E-state index contributed by atoms with van der Waals surface area (Å²) in [4.78, 5) is 22.6. The lowest BCUT2D eigenvalue weighted by atomic mass is 10.1. The molecule has 0 saturated carbocycles. The predicted octanol–water partition coefficient (Wildman–Crippen LogP) is 4.29. The molecule has 0 fully saturated rings. The van der Waals surface area contributed by atoms with Crippen molar-refractivity contribution in [1.29, 1.82) is 5.26 Å². The fourth-order valence-corrected chi connectivity index (χ4v) is 2.56. The second-order valence-corrected chi connectivity index (χ2v) is 6.01. The van der Waals surface area contributed by atoms with E-state index in [1.807, 2.05) is 13.0 Å². The second kappa shape index (κ2) is 9.25. The van der Waals surface area contributed by atoms with E-state index in [1.165, 1.54) is 18.2 Å². The van der Waals surface area contributed by atoms with Crippen LogP contribution >= 0.6 is 0 Å². The summed E-state index contributed by atoms with van der Waals surface area (Å²) in [6.45, 7) is 2.59. The first-order valence-electron chi connectivity index (χ1n) is 8.94. The Morgan fingerprint density at radius 3 is 2.47 bits per heavy atom. The molecule has 2 aromatic carbocycles. The molecular weight excluding hydrogens is 390 g/mol. The van der Waals surface area contributed by atoms with Crippen LogP contribution in [0.4, 0.5) is 11.4 Å². The van der Waals surface area contributed by atoms with E-state index in [0.717, 1.165) is 11.8 Å². The monoisotopic (exact) mass is 407 g/mol. The number of carbonyl (C=O) groups excluding carboxylic acids is 1. The number of nitro benzene ring substituents is 1. The zero-order chi connectivity index (χ0) is 21.5. The topological polar surface area (TPSA) is 128 Å². The number of furan rings is 1. The van der Waals surface area contributed by atoms with Crippen LogP contribution in [0.15, 0.2) is 59.0 Å². The number of anilines is 1. The van der Waals surface area contributed by atoms with Gasteiger partial charge in [0.15, 0.2) is 5.76 Å². The summed E-state index contributed by atoms with van der Waals surface area (Å²) in [7, 11) is 0. The highest BCUT2D eigenvalue weighted by Crippen LogP contribution is 2.23. The van der Waals surface area contributed by atoms with E-state index in [-0.39, 0.29) is 29.3 Å². The minimum absolute atomic E-state index is 0.0162. The zero-order valence-electron chi connectivity index (χ0n) is 16.0. The third kappa shape index (κ3) is 4.94. The fourth-order valence-electron chi connectivity index (χ4n) is 2.56. The largest absolute Gasteiger partial charge is 0.494 e. The van der Waals surface area contributed by atoms with E-state index in [0.29, 0.717) is 18.1 Å². The molecule has 0 aliphatic rings. The van der Waals surface area contributed by atoms with Gasteiger partial charge in [-0.25, -0.2) is 0 Å². The quantitative estimate of drug-likeness (QED) is 0.436. The van der Waals surface area contributed by atoms with Crippen molar-refractivity contribution in [2.24, 2.45) is 0 Å². The molecule has 30 heavy (non-hydrogen) atoms. The van der Waals surface area contributed by atoms with Crippen molar-refractivity contribution in [2.75, 3.05) is 11.9 Å². The first-order chi connectivity index (χ1) is 14.5. The van der Waals surface area contributed by atoms with Crippen molar-refractivity contribution >= 4 is 17.3 Å². The van der Waals surface area contributed by atoms with Gasteiger partial charge in [-0.1, -0.05) is 0 Å². The maximum absolute atomic E-state index is 12.4. The van der Waals surface area contributed by atoms with E-state index in [4.69, 9.17) is 19.2 Å². The number of nitrogens with zero attached hydrogens (tertiary/aromatic N) is 2. The van der Waals surface area contributed by atoms with Gasteiger partial charge in [0.05, 0.1) is 22.8 Å². The van der Waals surface area contributed by atoms with Crippen LogP contribution in [-0.2, 0) is 6.61 Å². The number of non-ortho nitro benzene ring substituents is 1. The summed E-state index contributed by atoms with van der Waals surface area (Å²) in [5, 5.41) is 22.5. The lowest BCUT2D eigenvalue weighted by Crippen LogP contribution is -2.12. The van der Waals surface area contributed by atoms with Crippen LogP contribution in [0.5, 0.6) is 11.5 Å². The number of ether oxygens (including phenoxy) is 2. The summed E-state index contributed by atoms with van der Waals surface area (Å²) in [5.74, 6) is 1.21. The van der Waals surface area contributed by atoms with E-state index in [2.05, 4.69) is 5.32 Å². The maximum Gasteiger partial charge on any atom is 0.291 e. The highest BCUT2D eigenvalue weighted by molar-refractivity contribution is 6.03. The normalized spacial score (nSPS) is 10.1. The summed E-state index contributed by atoms with van der Waals surface area (Å²) < 4.78 is 16.5. The third-order valence-electron chi connectivity index (χ3n) is 3.98. The molecule has 9 heteroatoms. The van der Waals surface area contributed by atoms with Gasteiger partial charge < -0.3 is 19.2 Å². The number of hydrogen-bond acceptors (Lipinski definition) is 7. The highest BCUT2D eigenvalue weighted by Gasteiger charge is 2.16. The molecule has 1 amide bonds. The predicted molar refractivity (Wildman–Crippen MR) is 106 cm³/mol. The van der Waals surface area contributed by atoms with Crippen LogP contribution in [-0.4, -0.2) is 17.4 Å². The zero-order valence-corrected chi connectivity index (χ0v) is 16.0. The van der Waals surface area contributed by atoms with Crippen molar-refractivity contribution in [1.82, 2.24) is 0 Å². The molecule has 0 spiro atoms. The SMILES string of the molecule is CCOc1ccc(OCc2ccc(C(=O)Nc3ccc([N+](=O)[O-])cc3C#N)o2)cc1. The molecule has 0 atom stereocenters. The van der Waals surface area contributed by atoms with Gasteiger partial charge in [-0.3, -0.25) is 14.9 Å². The Morgan fingerprint density at radius 1 is 1.13 bits per heavy atom. The Morgan fingerprint density at radius 2 is 1.83 bits per heavy atom. The molecule has 1 N–H and O–H groups in total. The van der Waals surface area contributed by atoms with Crippen molar-refractivity contribution in [2.45, 2.75) is 13.5 Å². The van der Waals surface area contributed by atoms with Crippen molar-refractivity contribution in [3.05, 3.63) is 81.8 Å². The Hall–Kier alpha value is -4.32. The standard InChI is InChI=1S/C21H17N3O6/c1-2-28-16-4-6-17(7-5-16)29-13-18-8-10-20(30-18)21(25)23-19-9-3-15(24(26)27)11-14(19)12-22/h3-11H,2,13H2,1H3,(H,23,25). The number of rotatable bonds is 8. The van der Waals surface area contributed by atoms with Gasteiger partial charge in [0, 0.05) is 12.1 Å². The van der Waals surface area contributed by atoms with Gasteiger partial charge in [-0.2, -0.15) is 5.26 Å². The molecule has 1 aromatic heterocycles. The van der Waals surface area contributed by atoms with Crippen LogP contribution in [0.25, 0.3) is 0 Å².